The number of carbonyl (C=O) groups excluding carboxylic acids is 1. The topological polar surface area (TPSA) is 47.6 Å². The van der Waals surface area contributed by atoms with Crippen molar-refractivity contribution in [1.29, 1.82) is 0 Å². The number of amides is 1. The number of hydrogen-bond acceptors (Lipinski definition) is 3. The molecule has 1 amide bonds. The first-order chi connectivity index (χ1) is 8.27. The Morgan fingerprint density at radius 2 is 1.76 bits per heavy atom. The standard InChI is InChI=1S/C13H19NO3/c1-3-16-13(17-4-2)12(15)14-10-11-8-6-5-7-9-11/h5-9,13H,3-4,10H2,1-2H3,(H,14,15). The van der Waals surface area contributed by atoms with Crippen LogP contribution in [-0.2, 0) is 20.8 Å². The van der Waals surface area contributed by atoms with Crippen LogP contribution in [0.1, 0.15) is 19.4 Å². The molecule has 4 nitrogen and oxygen atoms in total. The molecule has 0 saturated carbocycles. The molecule has 0 radical (unpaired) electrons. The van der Waals surface area contributed by atoms with Crippen molar-refractivity contribution in [3.63, 3.8) is 0 Å². The van der Waals surface area contributed by atoms with E-state index in [-0.39, 0.29) is 5.91 Å². The molecule has 17 heavy (non-hydrogen) atoms. The van der Waals surface area contributed by atoms with Gasteiger partial charge in [-0.3, -0.25) is 4.79 Å². The maximum Gasteiger partial charge on any atom is 0.277 e. The third kappa shape index (κ3) is 4.97. The smallest absolute Gasteiger partial charge is 0.277 e. The first-order valence-electron chi connectivity index (χ1n) is 5.82. The quantitative estimate of drug-likeness (QED) is 0.734. The van der Waals surface area contributed by atoms with Gasteiger partial charge in [-0.2, -0.15) is 0 Å². The average Bonchev–Trinajstić information content (AvgIpc) is 2.37. The minimum atomic E-state index is -0.811. The van der Waals surface area contributed by atoms with Gasteiger partial charge in [-0.25, -0.2) is 0 Å². The normalized spacial score (nSPS) is 10.5. The lowest BCUT2D eigenvalue weighted by molar-refractivity contribution is -0.170. The van der Waals surface area contributed by atoms with Crippen LogP contribution in [0.4, 0.5) is 0 Å². The predicted octanol–water partition coefficient (Wildman–Crippen LogP) is 1.70. The lowest BCUT2D eigenvalue weighted by Gasteiger charge is -2.16. The van der Waals surface area contributed by atoms with E-state index in [1.54, 1.807) is 0 Å². The van der Waals surface area contributed by atoms with E-state index in [9.17, 15) is 4.79 Å². The van der Waals surface area contributed by atoms with E-state index in [1.807, 2.05) is 44.2 Å². The average molecular weight is 237 g/mol. The van der Waals surface area contributed by atoms with Crippen LogP contribution >= 0.6 is 0 Å². The van der Waals surface area contributed by atoms with Crippen LogP contribution in [0.3, 0.4) is 0 Å². The Labute approximate surface area is 102 Å². The monoisotopic (exact) mass is 237 g/mol. The van der Waals surface area contributed by atoms with Crippen LogP contribution < -0.4 is 5.32 Å². The zero-order valence-electron chi connectivity index (χ0n) is 10.3. The van der Waals surface area contributed by atoms with Crippen molar-refractivity contribution in [3.8, 4) is 0 Å². The van der Waals surface area contributed by atoms with Crippen molar-refractivity contribution in [2.45, 2.75) is 26.7 Å². The molecule has 1 aromatic rings. The van der Waals surface area contributed by atoms with Crippen molar-refractivity contribution in [1.82, 2.24) is 5.32 Å². The number of nitrogens with one attached hydrogen (secondary N) is 1. The molecule has 0 aliphatic carbocycles. The minimum Gasteiger partial charge on any atom is -0.348 e. The first kappa shape index (κ1) is 13.7. The zero-order chi connectivity index (χ0) is 12.5. The number of hydrogen-bond donors (Lipinski definition) is 1. The van der Waals surface area contributed by atoms with Gasteiger partial charge in [0.2, 0.25) is 6.29 Å². The Bertz CT molecular complexity index is 321. The highest BCUT2D eigenvalue weighted by Crippen LogP contribution is 2.00. The highest BCUT2D eigenvalue weighted by Gasteiger charge is 2.17. The minimum absolute atomic E-state index is 0.238. The molecule has 0 aromatic heterocycles. The van der Waals surface area contributed by atoms with E-state index in [2.05, 4.69) is 5.32 Å². The van der Waals surface area contributed by atoms with Crippen LogP contribution in [0.25, 0.3) is 0 Å². The summed E-state index contributed by atoms with van der Waals surface area (Å²) in [4.78, 5) is 11.7. The first-order valence-corrected chi connectivity index (χ1v) is 5.82. The fraction of sp³-hybridized carbons (Fsp3) is 0.462. The molecule has 94 valence electrons. The molecule has 0 fully saturated rings. The van der Waals surface area contributed by atoms with Crippen molar-refractivity contribution in [2.24, 2.45) is 0 Å². The molecule has 0 bridgehead atoms. The SMILES string of the molecule is CCOC(OCC)C(=O)NCc1ccccc1. The number of benzene rings is 1. The molecule has 0 heterocycles. The van der Waals surface area contributed by atoms with E-state index in [0.29, 0.717) is 19.8 Å². The fourth-order valence-corrected chi connectivity index (χ4v) is 1.37. The van der Waals surface area contributed by atoms with Gasteiger partial charge < -0.3 is 14.8 Å². The Morgan fingerprint density at radius 3 is 2.29 bits per heavy atom. The summed E-state index contributed by atoms with van der Waals surface area (Å²) in [5.74, 6) is -0.238. The second-order valence-corrected chi connectivity index (χ2v) is 3.45. The Morgan fingerprint density at radius 1 is 1.18 bits per heavy atom. The van der Waals surface area contributed by atoms with E-state index in [4.69, 9.17) is 9.47 Å². The predicted molar refractivity (Wildman–Crippen MR) is 65.3 cm³/mol. The van der Waals surface area contributed by atoms with Gasteiger partial charge in [0.15, 0.2) is 0 Å². The Balaban J connectivity index is 2.41. The molecule has 1 N–H and O–H groups in total. The fourth-order valence-electron chi connectivity index (χ4n) is 1.37. The van der Waals surface area contributed by atoms with Crippen LogP contribution in [0.2, 0.25) is 0 Å². The van der Waals surface area contributed by atoms with Crippen molar-refractivity contribution in [3.05, 3.63) is 35.9 Å². The van der Waals surface area contributed by atoms with Crippen LogP contribution in [0, 0.1) is 0 Å². The highest BCUT2D eigenvalue weighted by molar-refractivity contribution is 5.79. The number of ether oxygens (including phenoxy) is 2. The molecule has 0 spiro atoms. The van der Waals surface area contributed by atoms with Gasteiger partial charge in [-0.15, -0.1) is 0 Å². The molecule has 0 aliphatic heterocycles. The summed E-state index contributed by atoms with van der Waals surface area (Å²) < 4.78 is 10.4. The lowest BCUT2D eigenvalue weighted by Crippen LogP contribution is -2.38. The van der Waals surface area contributed by atoms with Gasteiger partial charge in [-0.05, 0) is 19.4 Å². The summed E-state index contributed by atoms with van der Waals surface area (Å²) >= 11 is 0. The van der Waals surface area contributed by atoms with Gasteiger partial charge in [0.25, 0.3) is 5.91 Å². The third-order valence-corrected chi connectivity index (χ3v) is 2.16. The largest absolute Gasteiger partial charge is 0.348 e. The van der Waals surface area contributed by atoms with E-state index in [0.717, 1.165) is 5.56 Å². The second kappa shape index (κ2) is 7.81. The van der Waals surface area contributed by atoms with E-state index >= 15 is 0 Å². The van der Waals surface area contributed by atoms with Crippen LogP contribution in [0.15, 0.2) is 30.3 Å². The summed E-state index contributed by atoms with van der Waals surface area (Å²) in [6.45, 7) is 5.04. The zero-order valence-corrected chi connectivity index (χ0v) is 10.3. The van der Waals surface area contributed by atoms with Crippen molar-refractivity contribution >= 4 is 5.91 Å². The molecular formula is C13H19NO3. The van der Waals surface area contributed by atoms with E-state index < -0.39 is 6.29 Å². The van der Waals surface area contributed by atoms with Crippen LogP contribution in [0.5, 0.6) is 0 Å². The van der Waals surface area contributed by atoms with E-state index in [1.165, 1.54) is 0 Å². The second-order valence-electron chi connectivity index (χ2n) is 3.45. The molecular weight excluding hydrogens is 218 g/mol. The van der Waals surface area contributed by atoms with Crippen LogP contribution in [-0.4, -0.2) is 25.4 Å². The summed E-state index contributed by atoms with van der Waals surface area (Å²) in [5.41, 5.74) is 1.05. The maximum absolute atomic E-state index is 11.7. The molecule has 1 aromatic carbocycles. The molecule has 0 aliphatic rings. The Hall–Kier alpha value is -1.39. The summed E-state index contributed by atoms with van der Waals surface area (Å²) in [7, 11) is 0. The third-order valence-electron chi connectivity index (χ3n) is 2.16. The van der Waals surface area contributed by atoms with Gasteiger partial charge in [0.05, 0.1) is 0 Å². The van der Waals surface area contributed by atoms with Crippen molar-refractivity contribution < 1.29 is 14.3 Å². The summed E-state index contributed by atoms with van der Waals surface area (Å²) in [6.07, 6.45) is -0.811. The van der Waals surface area contributed by atoms with Gasteiger partial charge in [0.1, 0.15) is 0 Å². The summed E-state index contributed by atoms with van der Waals surface area (Å²) in [6, 6.07) is 9.72. The van der Waals surface area contributed by atoms with Gasteiger partial charge in [0, 0.05) is 19.8 Å². The number of rotatable bonds is 7. The van der Waals surface area contributed by atoms with Gasteiger partial charge in [-0.1, -0.05) is 30.3 Å². The van der Waals surface area contributed by atoms with Crippen molar-refractivity contribution in [2.75, 3.05) is 13.2 Å². The summed E-state index contributed by atoms with van der Waals surface area (Å²) in [5, 5.41) is 2.78. The molecule has 1 rings (SSSR count). The molecule has 0 unspecified atom stereocenters. The molecule has 0 atom stereocenters. The molecule has 4 heteroatoms. The van der Waals surface area contributed by atoms with Gasteiger partial charge >= 0.3 is 0 Å². The lowest BCUT2D eigenvalue weighted by atomic mass is 10.2. The molecule has 0 saturated heterocycles. The maximum atomic E-state index is 11.7. The Kier molecular flexibility index (Phi) is 6.29. The number of carbonyl (C=O) groups is 1. The highest BCUT2D eigenvalue weighted by atomic mass is 16.7.